The van der Waals surface area contributed by atoms with Crippen LogP contribution in [0.2, 0.25) is 0 Å². The van der Waals surface area contributed by atoms with Gasteiger partial charge in [0, 0.05) is 27.1 Å². The standard InChI is InChI=1S/C19H22N6O3.3H2/c1-19(2,3)15-10-16(25-28-15)24-18(27)23-13-6-4-12(5-7-13)22-17(26)14-11-20-8-9-21-14;;;/h4-7,10-11H,8-9H2,1-3H3,(H,22,26)(H2,23,24,25,27);3*1H. The lowest BCUT2D eigenvalue weighted by Gasteiger charge is -2.12. The number of aromatic nitrogens is 1. The Morgan fingerprint density at radius 1 is 1.04 bits per heavy atom. The average molecular weight is 388 g/mol. The molecule has 0 atom stereocenters. The van der Waals surface area contributed by atoms with Gasteiger partial charge in [-0.2, -0.15) is 0 Å². The predicted molar refractivity (Wildman–Crippen MR) is 115 cm³/mol. The molecule has 1 aromatic carbocycles. The molecule has 3 N–H and O–H groups in total. The van der Waals surface area contributed by atoms with E-state index in [1.54, 1.807) is 30.3 Å². The third kappa shape index (κ3) is 5.03. The van der Waals surface area contributed by atoms with Gasteiger partial charge in [0.1, 0.15) is 11.5 Å². The van der Waals surface area contributed by atoms with E-state index in [0.29, 0.717) is 41.8 Å². The van der Waals surface area contributed by atoms with Gasteiger partial charge in [0.25, 0.3) is 5.91 Å². The highest BCUT2D eigenvalue weighted by Crippen LogP contribution is 2.24. The van der Waals surface area contributed by atoms with Crippen LogP contribution < -0.4 is 16.0 Å². The van der Waals surface area contributed by atoms with Gasteiger partial charge in [-0.15, -0.1) is 0 Å². The van der Waals surface area contributed by atoms with Gasteiger partial charge in [-0.3, -0.25) is 20.1 Å². The summed E-state index contributed by atoms with van der Waals surface area (Å²) in [6.07, 6.45) is 1.47. The Labute approximate surface area is 166 Å². The number of carbonyl (C=O) groups is 2. The number of hydrogen-bond donors (Lipinski definition) is 3. The van der Waals surface area contributed by atoms with E-state index in [0.717, 1.165) is 0 Å². The van der Waals surface area contributed by atoms with Gasteiger partial charge in [0.15, 0.2) is 5.82 Å². The minimum absolute atomic E-state index is 0. The Kier molecular flexibility index (Phi) is 5.53. The number of aliphatic imine (C=N–C) groups is 2. The third-order valence-corrected chi connectivity index (χ3v) is 3.85. The summed E-state index contributed by atoms with van der Waals surface area (Å²) < 4.78 is 5.23. The van der Waals surface area contributed by atoms with Crippen molar-refractivity contribution in [2.75, 3.05) is 29.0 Å². The van der Waals surface area contributed by atoms with Crippen molar-refractivity contribution in [3.63, 3.8) is 0 Å². The molecule has 1 aliphatic heterocycles. The molecule has 0 saturated carbocycles. The van der Waals surface area contributed by atoms with Crippen LogP contribution in [0, 0.1) is 0 Å². The number of nitrogens with one attached hydrogen (secondary N) is 3. The molecular formula is C19H28N6O3. The summed E-state index contributed by atoms with van der Waals surface area (Å²) in [6.45, 7) is 7.09. The van der Waals surface area contributed by atoms with Gasteiger partial charge in [0.2, 0.25) is 0 Å². The van der Waals surface area contributed by atoms with Crippen LogP contribution >= 0.6 is 0 Å². The molecule has 152 valence electrons. The largest absolute Gasteiger partial charge is 0.359 e. The number of benzene rings is 1. The summed E-state index contributed by atoms with van der Waals surface area (Å²) in [5, 5.41) is 11.9. The van der Waals surface area contributed by atoms with E-state index in [2.05, 4.69) is 31.1 Å². The molecule has 2 heterocycles. The molecule has 0 unspecified atom stereocenters. The molecule has 3 amide bonds. The maximum atomic E-state index is 12.1. The molecule has 28 heavy (non-hydrogen) atoms. The molecule has 1 aliphatic rings. The fourth-order valence-corrected chi connectivity index (χ4v) is 2.35. The van der Waals surface area contributed by atoms with Crippen molar-refractivity contribution in [1.29, 1.82) is 0 Å². The number of anilines is 3. The van der Waals surface area contributed by atoms with Crippen LogP contribution in [0.25, 0.3) is 0 Å². The molecule has 2 aromatic rings. The zero-order valence-corrected chi connectivity index (χ0v) is 15.9. The number of carbonyl (C=O) groups excluding carboxylic acids is 2. The number of urea groups is 1. The van der Waals surface area contributed by atoms with Crippen LogP contribution in [0.5, 0.6) is 0 Å². The third-order valence-electron chi connectivity index (χ3n) is 3.85. The van der Waals surface area contributed by atoms with Crippen LogP contribution in [-0.4, -0.2) is 42.1 Å². The molecule has 3 rings (SSSR count). The van der Waals surface area contributed by atoms with Crippen LogP contribution in [0.3, 0.4) is 0 Å². The Balaban J connectivity index is 0.00000300. The van der Waals surface area contributed by atoms with Crippen LogP contribution in [0.1, 0.15) is 30.8 Å². The van der Waals surface area contributed by atoms with Crippen LogP contribution in [-0.2, 0) is 10.2 Å². The van der Waals surface area contributed by atoms with Crippen molar-refractivity contribution in [3.05, 3.63) is 36.1 Å². The molecule has 9 nitrogen and oxygen atoms in total. The van der Waals surface area contributed by atoms with E-state index in [-0.39, 0.29) is 15.6 Å². The van der Waals surface area contributed by atoms with Crippen molar-refractivity contribution in [1.82, 2.24) is 5.16 Å². The summed E-state index contributed by atoms with van der Waals surface area (Å²) in [7, 11) is 0. The lowest BCUT2D eigenvalue weighted by Crippen LogP contribution is -2.26. The van der Waals surface area contributed by atoms with Gasteiger partial charge in [0.05, 0.1) is 19.3 Å². The minimum Gasteiger partial charge on any atom is -0.359 e. The quantitative estimate of drug-likeness (QED) is 0.737. The Bertz CT molecular complexity index is 936. The van der Waals surface area contributed by atoms with Crippen molar-refractivity contribution in [2.45, 2.75) is 26.2 Å². The van der Waals surface area contributed by atoms with Gasteiger partial charge in [-0.1, -0.05) is 25.9 Å². The summed E-state index contributed by atoms with van der Waals surface area (Å²) in [6, 6.07) is 7.96. The molecule has 0 fully saturated rings. The van der Waals surface area contributed by atoms with Gasteiger partial charge >= 0.3 is 6.03 Å². The molecule has 1 aromatic heterocycles. The Morgan fingerprint density at radius 3 is 2.29 bits per heavy atom. The maximum Gasteiger partial charge on any atom is 0.324 e. The molecule has 0 bridgehead atoms. The van der Waals surface area contributed by atoms with E-state index in [1.807, 2.05) is 20.8 Å². The van der Waals surface area contributed by atoms with Crippen molar-refractivity contribution < 1.29 is 18.4 Å². The fraction of sp³-hybridized carbons (Fsp3) is 0.316. The first-order chi connectivity index (χ1) is 13.3. The van der Waals surface area contributed by atoms with E-state index in [4.69, 9.17) is 4.52 Å². The number of amides is 3. The summed E-state index contributed by atoms with van der Waals surface area (Å²) in [5.74, 6) is 0.694. The highest BCUT2D eigenvalue weighted by molar-refractivity contribution is 6.63. The molecule has 9 heteroatoms. The minimum atomic E-state index is -0.446. The summed E-state index contributed by atoms with van der Waals surface area (Å²) in [5.41, 5.74) is 1.25. The van der Waals surface area contributed by atoms with E-state index < -0.39 is 6.03 Å². The van der Waals surface area contributed by atoms with Gasteiger partial charge < -0.3 is 15.2 Å². The topological polar surface area (TPSA) is 121 Å². The number of rotatable bonds is 4. The van der Waals surface area contributed by atoms with Crippen molar-refractivity contribution in [2.24, 2.45) is 9.98 Å². The summed E-state index contributed by atoms with van der Waals surface area (Å²) >= 11 is 0. The van der Waals surface area contributed by atoms with Crippen LogP contribution in [0.15, 0.2) is 44.8 Å². The van der Waals surface area contributed by atoms with E-state index >= 15 is 0 Å². The SMILES string of the molecule is CC(C)(C)c1cc(NC(=O)Nc2ccc(NC(=O)C3=NCCN=C3)cc2)no1.[HH].[HH].[HH]. The lowest BCUT2D eigenvalue weighted by atomic mass is 9.93. The first-order valence-electron chi connectivity index (χ1n) is 8.82. The lowest BCUT2D eigenvalue weighted by molar-refractivity contribution is -0.110. The summed E-state index contributed by atoms with van der Waals surface area (Å²) in [4.78, 5) is 32.3. The monoisotopic (exact) mass is 388 g/mol. The maximum absolute atomic E-state index is 12.1. The first kappa shape index (κ1) is 19.3. The fourth-order valence-electron chi connectivity index (χ4n) is 2.35. The Hall–Kier alpha value is -3.49. The molecule has 0 radical (unpaired) electrons. The predicted octanol–water partition coefficient (Wildman–Crippen LogP) is 3.82. The number of nitrogens with zero attached hydrogens (tertiary/aromatic N) is 3. The number of hydrogen-bond acceptors (Lipinski definition) is 6. The highest BCUT2D eigenvalue weighted by atomic mass is 16.5. The second-order valence-corrected chi connectivity index (χ2v) is 7.24. The Morgan fingerprint density at radius 2 is 1.71 bits per heavy atom. The van der Waals surface area contributed by atoms with Crippen LogP contribution in [0.4, 0.5) is 22.0 Å². The van der Waals surface area contributed by atoms with E-state index in [9.17, 15) is 9.59 Å². The first-order valence-corrected chi connectivity index (χ1v) is 8.82. The average Bonchev–Trinajstić information content (AvgIpc) is 3.13. The second kappa shape index (κ2) is 8.03. The van der Waals surface area contributed by atoms with Crippen molar-refractivity contribution >= 4 is 41.1 Å². The second-order valence-electron chi connectivity index (χ2n) is 7.24. The molecule has 0 spiro atoms. The smallest absolute Gasteiger partial charge is 0.324 e. The molecule has 0 aliphatic carbocycles. The zero-order valence-electron chi connectivity index (χ0n) is 15.9. The molecule has 0 saturated heterocycles. The van der Waals surface area contributed by atoms with Gasteiger partial charge in [-0.05, 0) is 24.3 Å². The van der Waals surface area contributed by atoms with Crippen molar-refractivity contribution in [3.8, 4) is 0 Å². The van der Waals surface area contributed by atoms with Gasteiger partial charge in [-0.25, -0.2) is 4.79 Å². The van der Waals surface area contributed by atoms with E-state index in [1.165, 1.54) is 6.21 Å². The highest BCUT2D eigenvalue weighted by Gasteiger charge is 2.20. The zero-order chi connectivity index (χ0) is 20.1. The molecular weight excluding hydrogens is 360 g/mol. The normalized spacial score (nSPS) is 13.6.